The van der Waals surface area contributed by atoms with Crippen LogP contribution in [0.2, 0.25) is 0 Å². The number of hydrogen-bond acceptors (Lipinski definition) is 5. The first kappa shape index (κ1) is 17.8. The molecule has 4 rings (SSSR count). The van der Waals surface area contributed by atoms with Gasteiger partial charge in [-0.15, -0.1) is 10.2 Å². The lowest BCUT2D eigenvalue weighted by Gasteiger charge is -2.05. The summed E-state index contributed by atoms with van der Waals surface area (Å²) in [5, 5.41) is 21.8. The Balaban J connectivity index is 1.63. The highest BCUT2D eigenvalue weighted by Crippen LogP contribution is 2.14. The molecule has 0 spiro atoms. The van der Waals surface area contributed by atoms with Gasteiger partial charge in [0.2, 0.25) is 0 Å². The highest BCUT2D eigenvalue weighted by molar-refractivity contribution is 5.82. The summed E-state index contributed by atoms with van der Waals surface area (Å²) >= 11 is 0. The van der Waals surface area contributed by atoms with E-state index in [0.29, 0.717) is 5.95 Å². The zero-order valence-corrected chi connectivity index (χ0v) is 16.4. The van der Waals surface area contributed by atoms with E-state index in [1.807, 2.05) is 49.7 Å². The van der Waals surface area contributed by atoms with E-state index in [1.165, 1.54) is 5.56 Å². The number of rotatable bonds is 5. The summed E-state index contributed by atoms with van der Waals surface area (Å²) in [6.07, 6.45) is 3.37. The second-order valence-electron chi connectivity index (χ2n) is 6.79. The van der Waals surface area contributed by atoms with Crippen LogP contribution in [0.25, 0.3) is 5.95 Å². The smallest absolute Gasteiger partial charge is 0.265 e. The minimum absolute atomic E-state index is 0.550. The van der Waals surface area contributed by atoms with Gasteiger partial charge in [0.1, 0.15) is 6.33 Å². The zero-order valence-electron chi connectivity index (χ0n) is 16.4. The molecule has 0 atom stereocenters. The molecule has 0 aliphatic heterocycles. The predicted octanol–water partition coefficient (Wildman–Crippen LogP) is 2.82. The van der Waals surface area contributed by atoms with E-state index in [-0.39, 0.29) is 0 Å². The fourth-order valence-electron chi connectivity index (χ4n) is 3.20. The zero-order chi connectivity index (χ0) is 19.7. The van der Waals surface area contributed by atoms with Gasteiger partial charge in [-0.1, -0.05) is 30.3 Å². The Morgan fingerprint density at radius 3 is 2.54 bits per heavy atom. The fraction of sp³-hybridized carbons (Fsp3) is 0.250. The molecule has 28 heavy (non-hydrogen) atoms. The first-order chi connectivity index (χ1) is 13.5. The monoisotopic (exact) mass is 374 g/mol. The molecule has 0 saturated carbocycles. The van der Waals surface area contributed by atoms with E-state index in [1.54, 1.807) is 21.9 Å². The highest BCUT2D eigenvalue weighted by atomic mass is 15.5. The Morgan fingerprint density at radius 1 is 1.04 bits per heavy atom. The van der Waals surface area contributed by atoms with Crippen molar-refractivity contribution in [2.75, 3.05) is 0 Å². The minimum Gasteiger partial charge on any atom is -0.265 e. The average molecular weight is 374 g/mol. The van der Waals surface area contributed by atoms with Crippen molar-refractivity contribution in [2.24, 2.45) is 5.10 Å². The third kappa shape index (κ3) is 3.36. The van der Waals surface area contributed by atoms with Gasteiger partial charge in [0.05, 0.1) is 24.1 Å². The van der Waals surface area contributed by atoms with E-state index in [4.69, 9.17) is 0 Å². The fourth-order valence-corrected chi connectivity index (χ4v) is 3.20. The second kappa shape index (κ2) is 7.22. The van der Waals surface area contributed by atoms with Crippen molar-refractivity contribution in [3.63, 3.8) is 0 Å². The third-order valence-electron chi connectivity index (χ3n) is 4.64. The quantitative estimate of drug-likeness (QED) is 0.503. The third-order valence-corrected chi connectivity index (χ3v) is 4.64. The summed E-state index contributed by atoms with van der Waals surface area (Å²) < 4.78 is 5.35. The Bertz CT molecular complexity index is 1130. The topological polar surface area (TPSA) is 78.7 Å². The molecule has 0 N–H and O–H groups in total. The molecule has 0 unspecified atom stereocenters. The van der Waals surface area contributed by atoms with Gasteiger partial charge in [0.25, 0.3) is 5.95 Å². The summed E-state index contributed by atoms with van der Waals surface area (Å²) in [5.41, 5.74) is 6.09. The van der Waals surface area contributed by atoms with Gasteiger partial charge in [-0.25, -0.2) is 4.68 Å². The lowest BCUT2D eigenvalue weighted by molar-refractivity contribution is 0.659. The summed E-state index contributed by atoms with van der Waals surface area (Å²) in [5.74, 6) is 0.550. The predicted molar refractivity (Wildman–Crippen MR) is 107 cm³/mol. The van der Waals surface area contributed by atoms with Crippen molar-refractivity contribution in [1.82, 2.24) is 34.4 Å². The van der Waals surface area contributed by atoms with E-state index < -0.39 is 0 Å². The van der Waals surface area contributed by atoms with E-state index in [9.17, 15) is 0 Å². The molecule has 0 aliphatic rings. The van der Waals surface area contributed by atoms with Crippen LogP contribution in [0.3, 0.4) is 0 Å². The number of hydrogen-bond donors (Lipinski definition) is 0. The number of aromatic nitrogens is 7. The number of aryl methyl sites for hydroxylation is 3. The standard InChI is InChI=1S/C20H22N8/c1-14-10-15(2)28(24-14)20-23-21-13-27(20)22-11-19-16(3)25-26(17(19)4)12-18-8-6-5-7-9-18/h5-11,13H,12H2,1-4H3/b22-11-. The SMILES string of the molecule is Cc1cc(C)n(-c2nncn2/N=C\c2c(C)nn(Cc3ccccc3)c2C)n1. The summed E-state index contributed by atoms with van der Waals surface area (Å²) in [4.78, 5) is 0. The molecule has 0 amide bonds. The minimum atomic E-state index is 0.550. The maximum Gasteiger partial charge on any atom is 0.273 e. The molecular formula is C20H22N8. The van der Waals surface area contributed by atoms with Crippen LogP contribution in [0.4, 0.5) is 0 Å². The van der Waals surface area contributed by atoms with Crippen LogP contribution in [0.5, 0.6) is 0 Å². The first-order valence-electron chi connectivity index (χ1n) is 9.09. The number of nitrogens with zero attached hydrogens (tertiary/aromatic N) is 8. The Hall–Kier alpha value is -3.55. The normalized spacial score (nSPS) is 11.6. The van der Waals surface area contributed by atoms with Gasteiger partial charge in [-0.3, -0.25) is 4.68 Å². The molecular weight excluding hydrogens is 352 g/mol. The largest absolute Gasteiger partial charge is 0.273 e. The molecule has 0 aliphatic carbocycles. The van der Waals surface area contributed by atoms with Gasteiger partial charge < -0.3 is 0 Å². The van der Waals surface area contributed by atoms with Crippen LogP contribution in [0.1, 0.15) is 33.9 Å². The van der Waals surface area contributed by atoms with Crippen LogP contribution >= 0.6 is 0 Å². The Morgan fingerprint density at radius 2 is 1.82 bits per heavy atom. The van der Waals surface area contributed by atoms with Gasteiger partial charge in [0, 0.05) is 17.0 Å². The van der Waals surface area contributed by atoms with Crippen molar-refractivity contribution < 1.29 is 0 Å². The number of benzene rings is 1. The van der Waals surface area contributed by atoms with Crippen molar-refractivity contribution in [3.8, 4) is 5.95 Å². The van der Waals surface area contributed by atoms with Crippen LogP contribution in [0, 0.1) is 27.7 Å². The Kier molecular flexibility index (Phi) is 4.60. The molecule has 8 nitrogen and oxygen atoms in total. The molecule has 0 fully saturated rings. The van der Waals surface area contributed by atoms with Crippen molar-refractivity contribution >= 4 is 6.21 Å². The molecule has 1 aromatic carbocycles. The maximum atomic E-state index is 4.67. The maximum absolute atomic E-state index is 4.67. The van der Waals surface area contributed by atoms with Crippen molar-refractivity contribution in [3.05, 3.63) is 76.6 Å². The van der Waals surface area contributed by atoms with Crippen LogP contribution in [-0.4, -0.2) is 40.6 Å². The molecule has 142 valence electrons. The molecule has 3 heterocycles. The molecule has 0 bridgehead atoms. The van der Waals surface area contributed by atoms with Gasteiger partial charge in [-0.2, -0.15) is 20.0 Å². The van der Waals surface area contributed by atoms with Crippen LogP contribution < -0.4 is 0 Å². The lowest BCUT2D eigenvalue weighted by atomic mass is 10.2. The molecule has 0 radical (unpaired) electrons. The summed E-state index contributed by atoms with van der Waals surface area (Å²) in [7, 11) is 0. The molecule has 0 saturated heterocycles. The Labute approximate surface area is 163 Å². The van der Waals surface area contributed by atoms with Crippen LogP contribution in [0.15, 0.2) is 47.8 Å². The van der Waals surface area contributed by atoms with Crippen LogP contribution in [-0.2, 0) is 6.54 Å². The average Bonchev–Trinajstić information content (AvgIpc) is 3.33. The first-order valence-corrected chi connectivity index (χ1v) is 9.09. The summed E-state index contributed by atoms with van der Waals surface area (Å²) in [6.45, 7) is 8.69. The second-order valence-corrected chi connectivity index (χ2v) is 6.79. The molecule has 8 heteroatoms. The van der Waals surface area contributed by atoms with Gasteiger partial charge in [0.15, 0.2) is 0 Å². The van der Waals surface area contributed by atoms with Gasteiger partial charge >= 0.3 is 0 Å². The van der Waals surface area contributed by atoms with Crippen molar-refractivity contribution in [1.29, 1.82) is 0 Å². The molecule has 3 aromatic heterocycles. The van der Waals surface area contributed by atoms with E-state index in [2.05, 4.69) is 44.6 Å². The summed E-state index contributed by atoms with van der Waals surface area (Å²) in [6, 6.07) is 12.3. The van der Waals surface area contributed by atoms with Crippen molar-refractivity contribution in [2.45, 2.75) is 34.2 Å². The van der Waals surface area contributed by atoms with E-state index >= 15 is 0 Å². The lowest BCUT2D eigenvalue weighted by Crippen LogP contribution is -2.07. The highest BCUT2D eigenvalue weighted by Gasteiger charge is 2.13. The van der Waals surface area contributed by atoms with E-state index in [0.717, 1.165) is 34.9 Å². The van der Waals surface area contributed by atoms with Gasteiger partial charge in [-0.05, 0) is 39.3 Å². The molecule has 4 aromatic rings.